The zero-order valence-electron chi connectivity index (χ0n) is 13.8. The number of fused-ring (bicyclic) bond motifs is 1. The van der Waals surface area contributed by atoms with Crippen LogP contribution in [0.1, 0.15) is 35.7 Å². The molecule has 3 rings (SSSR count). The standard InChI is InChI=1S/C19H20O4/c1-19(2)17(12-8-6-5-7-9-12)18(20)13-10-15(21-3)16(22-4)11-14(13)23-19/h5-11,17H,1-4H3. The largest absolute Gasteiger partial charge is 0.493 e. The Morgan fingerprint density at radius 2 is 1.61 bits per heavy atom. The lowest BCUT2D eigenvalue weighted by Gasteiger charge is -2.39. The van der Waals surface area contributed by atoms with Gasteiger partial charge in [-0.15, -0.1) is 0 Å². The highest BCUT2D eigenvalue weighted by molar-refractivity contribution is 6.05. The second-order valence-electron chi connectivity index (χ2n) is 6.12. The van der Waals surface area contributed by atoms with Gasteiger partial charge < -0.3 is 14.2 Å². The molecular formula is C19H20O4. The number of Topliss-reactive ketones (excluding diaryl/α,β-unsaturated/α-hetero) is 1. The molecule has 2 aromatic rings. The van der Waals surface area contributed by atoms with Crippen LogP contribution in [0, 0.1) is 0 Å². The van der Waals surface area contributed by atoms with Gasteiger partial charge in [0.2, 0.25) is 0 Å². The van der Waals surface area contributed by atoms with E-state index in [0.717, 1.165) is 5.56 Å². The van der Waals surface area contributed by atoms with Gasteiger partial charge in [-0.3, -0.25) is 4.79 Å². The van der Waals surface area contributed by atoms with E-state index in [1.807, 2.05) is 44.2 Å². The van der Waals surface area contributed by atoms with E-state index in [0.29, 0.717) is 22.8 Å². The number of benzene rings is 2. The quantitative estimate of drug-likeness (QED) is 0.864. The Bertz CT molecular complexity index is 735. The van der Waals surface area contributed by atoms with Crippen molar-refractivity contribution in [1.82, 2.24) is 0 Å². The highest BCUT2D eigenvalue weighted by Crippen LogP contribution is 2.45. The fourth-order valence-corrected chi connectivity index (χ4v) is 3.15. The summed E-state index contributed by atoms with van der Waals surface area (Å²) in [6.07, 6.45) is 0. The van der Waals surface area contributed by atoms with Crippen LogP contribution < -0.4 is 14.2 Å². The topological polar surface area (TPSA) is 44.8 Å². The van der Waals surface area contributed by atoms with E-state index in [4.69, 9.17) is 14.2 Å². The third-order valence-corrected chi connectivity index (χ3v) is 4.21. The number of methoxy groups -OCH3 is 2. The Kier molecular flexibility index (Phi) is 3.76. The lowest BCUT2D eigenvalue weighted by Crippen LogP contribution is -2.44. The third-order valence-electron chi connectivity index (χ3n) is 4.21. The molecule has 2 aromatic carbocycles. The number of rotatable bonds is 3. The number of hydrogen-bond donors (Lipinski definition) is 0. The van der Waals surface area contributed by atoms with E-state index in [1.165, 1.54) is 0 Å². The molecule has 0 aliphatic carbocycles. The molecule has 0 radical (unpaired) electrons. The maximum absolute atomic E-state index is 13.1. The molecule has 23 heavy (non-hydrogen) atoms. The van der Waals surface area contributed by atoms with Gasteiger partial charge >= 0.3 is 0 Å². The third kappa shape index (κ3) is 2.54. The maximum Gasteiger partial charge on any atom is 0.178 e. The van der Waals surface area contributed by atoms with Crippen LogP contribution in [0.15, 0.2) is 42.5 Å². The van der Waals surface area contributed by atoms with Gasteiger partial charge in [-0.25, -0.2) is 0 Å². The van der Waals surface area contributed by atoms with Crippen molar-refractivity contribution in [2.45, 2.75) is 25.4 Å². The predicted molar refractivity (Wildman–Crippen MR) is 87.8 cm³/mol. The van der Waals surface area contributed by atoms with Crippen LogP contribution in [0.25, 0.3) is 0 Å². The first-order valence-corrected chi connectivity index (χ1v) is 7.52. The minimum absolute atomic E-state index is 0.0309. The van der Waals surface area contributed by atoms with Crippen molar-refractivity contribution < 1.29 is 19.0 Å². The van der Waals surface area contributed by atoms with E-state index < -0.39 is 5.60 Å². The van der Waals surface area contributed by atoms with E-state index >= 15 is 0 Å². The van der Waals surface area contributed by atoms with Crippen molar-refractivity contribution in [1.29, 1.82) is 0 Å². The molecule has 1 unspecified atom stereocenters. The van der Waals surface area contributed by atoms with Gasteiger partial charge in [0, 0.05) is 6.07 Å². The van der Waals surface area contributed by atoms with E-state index in [-0.39, 0.29) is 11.7 Å². The van der Waals surface area contributed by atoms with Crippen LogP contribution in [0.3, 0.4) is 0 Å². The van der Waals surface area contributed by atoms with Crippen molar-refractivity contribution in [3.63, 3.8) is 0 Å². The molecule has 1 heterocycles. The Hall–Kier alpha value is -2.49. The Labute approximate surface area is 136 Å². The summed E-state index contributed by atoms with van der Waals surface area (Å²) in [4.78, 5) is 13.1. The summed E-state index contributed by atoms with van der Waals surface area (Å²) < 4.78 is 16.8. The van der Waals surface area contributed by atoms with Crippen LogP contribution in [-0.4, -0.2) is 25.6 Å². The second kappa shape index (κ2) is 5.61. The highest BCUT2D eigenvalue weighted by Gasteiger charge is 2.44. The molecule has 0 bridgehead atoms. The van der Waals surface area contributed by atoms with Crippen LogP contribution in [0.4, 0.5) is 0 Å². The van der Waals surface area contributed by atoms with E-state index in [2.05, 4.69) is 0 Å². The van der Waals surface area contributed by atoms with Crippen LogP contribution in [0.5, 0.6) is 17.2 Å². The molecule has 1 aliphatic heterocycles. The number of hydrogen-bond acceptors (Lipinski definition) is 4. The van der Waals surface area contributed by atoms with Crippen molar-refractivity contribution in [3.8, 4) is 17.2 Å². The number of carbonyl (C=O) groups is 1. The molecule has 0 fully saturated rings. The van der Waals surface area contributed by atoms with Crippen molar-refractivity contribution in [3.05, 3.63) is 53.6 Å². The summed E-state index contributed by atoms with van der Waals surface area (Å²) in [5.41, 5.74) is 0.823. The van der Waals surface area contributed by atoms with Gasteiger partial charge in [-0.05, 0) is 25.5 Å². The summed E-state index contributed by atoms with van der Waals surface area (Å²) in [5.74, 6) is 1.27. The second-order valence-corrected chi connectivity index (χ2v) is 6.12. The molecule has 1 atom stereocenters. The molecule has 0 N–H and O–H groups in total. The van der Waals surface area contributed by atoms with Gasteiger partial charge in [0.15, 0.2) is 17.3 Å². The summed E-state index contributed by atoms with van der Waals surface area (Å²) >= 11 is 0. The lowest BCUT2D eigenvalue weighted by molar-refractivity contribution is 0.0482. The first kappa shape index (κ1) is 15.4. The van der Waals surface area contributed by atoms with Gasteiger partial charge in [-0.1, -0.05) is 30.3 Å². The molecule has 0 aromatic heterocycles. The minimum atomic E-state index is -0.648. The Morgan fingerprint density at radius 3 is 2.22 bits per heavy atom. The monoisotopic (exact) mass is 312 g/mol. The number of ether oxygens (including phenoxy) is 3. The average molecular weight is 312 g/mol. The molecule has 0 saturated heterocycles. The maximum atomic E-state index is 13.1. The highest BCUT2D eigenvalue weighted by atomic mass is 16.5. The molecule has 120 valence electrons. The fourth-order valence-electron chi connectivity index (χ4n) is 3.15. The fraction of sp³-hybridized carbons (Fsp3) is 0.316. The zero-order chi connectivity index (χ0) is 16.6. The van der Waals surface area contributed by atoms with Gasteiger partial charge in [0.05, 0.1) is 25.7 Å². The van der Waals surface area contributed by atoms with Crippen LogP contribution in [-0.2, 0) is 0 Å². The minimum Gasteiger partial charge on any atom is -0.493 e. The molecule has 0 spiro atoms. The molecular weight excluding hydrogens is 292 g/mol. The van der Waals surface area contributed by atoms with Crippen molar-refractivity contribution in [2.24, 2.45) is 0 Å². The van der Waals surface area contributed by atoms with Gasteiger partial charge in [0.1, 0.15) is 11.4 Å². The smallest absolute Gasteiger partial charge is 0.178 e. The zero-order valence-corrected chi connectivity index (χ0v) is 13.8. The SMILES string of the molecule is COc1cc2c(cc1OC)C(=O)C(c1ccccc1)C(C)(C)O2. The van der Waals surface area contributed by atoms with Crippen molar-refractivity contribution >= 4 is 5.78 Å². The van der Waals surface area contributed by atoms with E-state index in [1.54, 1.807) is 26.4 Å². The lowest BCUT2D eigenvalue weighted by atomic mass is 9.77. The summed E-state index contributed by atoms with van der Waals surface area (Å²) in [6, 6.07) is 13.1. The first-order chi connectivity index (χ1) is 11.0. The molecule has 4 heteroatoms. The van der Waals surface area contributed by atoms with Crippen LogP contribution in [0.2, 0.25) is 0 Å². The van der Waals surface area contributed by atoms with Gasteiger partial charge in [0.25, 0.3) is 0 Å². The van der Waals surface area contributed by atoms with Crippen molar-refractivity contribution in [2.75, 3.05) is 14.2 Å². The first-order valence-electron chi connectivity index (χ1n) is 7.52. The Balaban J connectivity index is 2.14. The number of carbonyl (C=O) groups excluding carboxylic acids is 1. The Morgan fingerprint density at radius 1 is 1.00 bits per heavy atom. The molecule has 1 aliphatic rings. The summed E-state index contributed by atoms with van der Waals surface area (Å²) in [6.45, 7) is 3.87. The normalized spacial score (nSPS) is 18.8. The molecule has 0 amide bonds. The van der Waals surface area contributed by atoms with Gasteiger partial charge in [-0.2, -0.15) is 0 Å². The average Bonchev–Trinajstić information content (AvgIpc) is 2.54. The molecule has 4 nitrogen and oxygen atoms in total. The molecule has 0 saturated carbocycles. The number of ketones is 1. The summed E-state index contributed by atoms with van der Waals surface area (Å²) in [7, 11) is 3.11. The predicted octanol–water partition coefficient (Wildman–Crippen LogP) is 3.84. The summed E-state index contributed by atoms with van der Waals surface area (Å²) in [5, 5.41) is 0. The van der Waals surface area contributed by atoms with E-state index in [9.17, 15) is 4.79 Å². The van der Waals surface area contributed by atoms with Crippen LogP contribution >= 0.6 is 0 Å².